The first-order valence-electron chi connectivity index (χ1n) is 12.1. The summed E-state index contributed by atoms with van der Waals surface area (Å²) in [5.41, 5.74) is 0.0262. The van der Waals surface area contributed by atoms with E-state index in [-0.39, 0.29) is 53.5 Å². The molecule has 0 bridgehead atoms. The van der Waals surface area contributed by atoms with Crippen LogP contribution in [0.3, 0.4) is 0 Å². The standard InChI is InChI=1S/C17H34N2Si2.2C4H8O.2Li/c1-15(2,3)18-20(7,8)17(13-11-12-14-17)21(9,10)19-16(4,5)6;2*1-2-4-5-3-1;;/h11-14H,1-10H3;2*1-4H2;;/q-2;;;2*+1. The third kappa shape index (κ3) is 12.6. The van der Waals surface area contributed by atoms with Crippen molar-refractivity contribution in [1.29, 1.82) is 0 Å². The van der Waals surface area contributed by atoms with E-state index in [1.807, 2.05) is 0 Å². The van der Waals surface area contributed by atoms with E-state index in [0.717, 1.165) is 26.4 Å². The number of rotatable bonds is 4. The number of ether oxygens (including phenoxy) is 2. The fraction of sp³-hybridized carbons (Fsp3) is 0.840. The zero-order valence-electron chi connectivity index (χ0n) is 24.2. The van der Waals surface area contributed by atoms with Gasteiger partial charge in [0.1, 0.15) is 0 Å². The fourth-order valence-corrected chi connectivity index (χ4v) is 17.0. The molecule has 3 rings (SSSR count). The molecule has 1 aliphatic carbocycles. The van der Waals surface area contributed by atoms with Crippen molar-refractivity contribution in [3.05, 3.63) is 34.3 Å². The van der Waals surface area contributed by atoms with Crippen molar-refractivity contribution in [3.63, 3.8) is 0 Å². The molecule has 2 aliphatic heterocycles. The molecule has 0 aromatic heterocycles. The van der Waals surface area contributed by atoms with Gasteiger partial charge in [-0.1, -0.05) is 109 Å². The Morgan fingerprint density at radius 3 is 1.06 bits per heavy atom. The topological polar surface area (TPSA) is 46.7 Å². The first-order valence-corrected chi connectivity index (χ1v) is 18.0. The number of hydrogen-bond donors (Lipinski definition) is 0. The molecular formula is C25H50Li2N2O2Si2. The smallest absolute Gasteiger partial charge is 0.659 e. The Morgan fingerprint density at radius 1 is 0.606 bits per heavy atom. The zero-order chi connectivity index (χ0) is 23.8. The van der Waals surface area contributed by atoms with Gasteiger partial charge in [0, 0.05) is 26.4 Å². The van der Waals surface area contributed by atoms with E-state index < -0.39 is 16.5 Å². The molecule has 0 unspecified atom stereocenters. The summed E-state index contributed by atoms with van der Waals surface area (Å²) < 4.78 is 9.97. The van der Waals surface area contributed by atoms with Crippen molar-refractivity contribution < 1.29 is 47.2 Å². The third-order valence-electron chi connectivity index (χ3n) is 5.74. The second kappa shape index (κ2) is 15.3. The van der Waals surface area contributed by atoms with Crippen molar-refractivity contribution in [2.45, 2.75) is 109 Å². The van der Waals surface area contributed by atoms with Gasteiger partial charge in [0.05, 0.1) is 0 Å². The largest absolute Gasteiger partial charge is 1.00 e. The summed E-state index contributed by atoms with van der Waals surface area (Å²) in [6, 6.07) is 0. The number of hydrogen-bond acceptors (Lipinski definition) is 2. The summed E-state index contributed by atoms with van der Waals surface area (Å²) in [6.45, 7) is 26.9. The summed E-state index contributed by atoms with van der Waals surface area (Å²) in [7, 11) is -3.74. The van der Waals surface area contributed by atoms with Crippen LogP contribution in [0.4, 0.5) is 0 Å². The van der Waals surface area contributed by atoms with Crippen molar-refractivity contribution in [1.82, 2.24) is 0 Å². The predicted molar refractivity (Wildman–Crippen MR) is 142 cm³/mol. The average Bonchev–Trinajstić information content (AvgIpc) is 3.34. The van der Waals surface area contributed by atoms with Crippen LogP contribution in [0.15, 0.2) is 24.3 Å². The van der Waals surface area contributed by atoms with Gasteiger partial charge in [0.25, 0.3) is 0 Å². The maximum Gasteiger partial charge on any atom is 1.00 e. The molecule has 182 valence electrons. The van der Waals surface area contributed by atoms with E-state index in [1.54, 1.807) is 0 Å². The Balaban J connectivity index is 0. The summed E-state index contributed by atoms with van der Waals surface area (Å²) in [6.07, 6.45) is 14.4. The van der Waals surface area contributed by atoms with Crippen LogP contribution in [0.2, 0.25) is 30.8 Å². The van der Waals surface area contributed by atoms with Crippen LogP contribution in [0, 0.1) is 0 Å². The van der Waals surface area contributed by atoms with Crippen LogP contribution in [0.5, 0.6) is 0 Å². The van der Waals surface area contributed by atoms with Gasteiger partial charge in [-0.05, 0) is 30.3 Å². The van der Waals surface area contributed by atoms with Gasteiger partial charge < -0.3 is 19.4 Å². The van der Waals surface area contributed by atoms with Crippen LogP contribution in [0.1, 0.15) is 67.2 Å². The predicted octanol–water partition coefficient (Wildman–Crippen LogP) is 1.75. The normalized spacial score (nSPS) is 19.6. The van der Waals surface area contributed by atoms with Crippen molar-refractivity contribution in [2.75, 3.05) is 26.4 Å². The van der Waals surface area contributed by atoms with E-state index in [1.165, 1.54) is 25.7 Å². The Hall–Kier alpha value is 0.949. The van der Waals surface area contributed by atoms with Crippen LogP contribution in [0.25, 0.3) is 9.96 Å². The fourth-order valence-electron chi connectivity index (χ4n) is 4.92. The monoisotopic (exact) mass is 480 g/mol. The molecule has 0 amide bonds. The molecule has 0 radical (unpaired) electrons. The van der Waals surface area contributed by atoms with Crippen LogP contribution >= 0.6 is 0 Å². The molecule has 2 fully saturated rings. The Kier molecular flexibility index (Phi) is 16.7. The Morgan fingerprint density at radius 2 is 0.879 bits per heavy atom. The average molecular weight is 481 g/mol. The molecular weight excluding hydrogens is 430 g/mol. The van der Waals surface area contributed by atoms with Gasteiger partial charge in [-0.25, -0.2) is 0 Å². The second-order valence-electron chi connectivity index (χ2n) is 11.9. The Bertz CT molecular complexity index is 523. The first kappa shape index (κ1) is 36.1. The second-order valence-corrected chi connectivity index (χ2v) is 20.7. The van der Waals surface area contributed by atoms with Crippen molar-refractivity contribution >= 4 is 16.5 Å². The van der Waals surface area contributed by atoms with Crippen molar-refractivity contribution in [3.8, 4) is 0 Å². The number of nitrogens with zero attached hydrogens (tertiary/aromatic N) is 2. The SMILES string of the molecule is C1CCOC1.C1CCOC1.CC(C)(C)[N-][Si](C)(C)C1([Si](C)(C)[N-]C(C)(C)C)C=CC=C1.[Li+].[Li+]. The van der Waals surface area contributed by atoms with Gasteiger partial charge in [0.15, 0.2) is 0 Å². The van der Waals surface area contributed by atoms with E-state index in [9.17, 15) is 0 Å². The zero-order valence-corrected chi connectivity index (χ0v) is 26.2. The van der Waals surface area contributed by atoms with Crippen molar-refractivity contribution in [2.24, 2.45) is 0 Å². The molecule has 3 aliphatic rings. The molecule has 4 nitrogen and oxygen atoms in total. The van der Waals surface area contributed by atoms with E-state index in [4.69, 9.17) is 19.4 Å². The molecule has 0 atom stereocenters. The van der Waals surface area contributed by atoms with Gasteiger partial charge >= 0.3 is 37.7 Å². The van der Waals surface area contributed by atoms with E-state index >= 15 is 0 Å². The Labute approximate surface area is 232 Å². The summed E-state index contributed by atoms with van der Waals surface area (Å²) in [4.78, 5) is 10.6. The summed E-state index contributed by atoms with van der Waals surface area (Å²) in [5.74, 6) is 0. The maximum atomic E-state index is 5.30. The molecule has 33 heavy (non-hydrogen) atoms. The number of allylic oxidation sites excluding steroid dienone is 4. The molecule has 0 aromatic rings. The minimum absolute atomic E-state index is 0. The van der Waals surface area contributed by atoms with E-state index in [0.29, 0.717) is 0 Å². The third-order valence-corrected chi connectivity index (χ3v) is 16.6. The molecule has 0 N–H and O–H groups in total. The van der Waals surface area contributed by atoms with Gasteiger partial charge in [-0.3, -0.25) is 0 Å². The van der Waals surface area contributed by atoms with Crippen LogP contribution in [-0.4, -0.2) is 54.0 Å². The van der Waals surface area contributed by atoms with E-state index in [2.05, 4.69) is 92.0 Å². The molecule has 0 aromatic carbocycles. The maximum absolute atomic E-state index is 5.30. The quantitative estimate of drug-likeness (QED) is 0.576. The van der Waals surface area contributed by atoms with Gasteiger partial charge in [-0.2, -0.15) is 0 Å². The van der Waals surface area contributed by atoms with Crippen LogP contribution < -0.4 is 37.7 Å². The molecule has 0 spiro atoms. The van der Waals surface area contributed by atoms with Gasteiger partial charge in [-0.15, -0.1) is 11.1 Å². The van der Waals surface area contributed by atoms with Gasteiger partial charge in [0.2, 0.25) is 0 Å². The molecule has 0 saturated carbocycles. The van der Waals surface area contributed by atoms with Crippen LogP contribution in [-0.2, 0) is 9.47 Å². The molecule has 8 heteroatoms. The minimum Gasteiger partial charge on any atom is -0.659 e. The summed E-state index contributed by atoms with van der Waals surface area (Å²) >= 11 is 0. The first-order chi connectivity index (χ1) is 14.1. The minimum atomic E-state index is -1.87. The molecule has 2 saturated heterocycles. The molecule has 2 heterocycles. The summed E-state index contributed by atoms with van der Waals surface area (Å²) in [5, 5.41) is 0.